The molecule has 0 saturated carbocycles. The molecule has 30 heavy (non-hydrogen) atoms. The third-order valence-electron chi connectivity index (χ3n) is 4.84. The first-order chi connectivity index (χ1) is 14.5. The van der Waals surface area contributed by atoms with E-state index in [1.54, 1.807) is 36.1 Å². The van der Waals surface area contributed by atoms with Gasteiger partial charge in [-0.25, -0.2) is 9.67 Å². The number of hydrogen-bond acceptors (Lipinski definition) is 5. The molecular formula is C21H20N6O3. The van der Waals surface area contributed by atoms with Gasteiger partial charge in [-0.2, -0.15) is 5.10 Å². The second-order valence-electron chi connectivity index (χ2n) is 6.83. The Morgan fingerprint density at radius 3 is 2.57 bits per heavy atom. The number of carbonyl (C=O) groups excluding carboxylic acids is 1. The van der Waals surface area contributed by atoms with Crippen molar-refractivity contribution in [3.63, 3.8) is 0 Å². The van der Waals surface area contributed by atoms with Crippen molar-refractivity contribution in [3.05, 3.63) is 92.5 Å². The topological polar surface area (TPSA) is 115 Å². The normalized spacial score (nSPS) is 11.0. The zero-order chi connectivity index (χ0) is 21.1. The summed E-state index contributed by atoms with van der Waals surface area (Å²) in [5, 5.41) is 6.95. The molecule has 0 radical (unpaired) electrons. The molecule has 0 aliphatic carbocycles. The Balaban J connectivity index is 1.46. The lowest BCUT2D eigenvalue weighted by Gasteiger charge is -2.10. The average Bonchev–Trinajstić information content (AvgIpc) is 3.27. The summed E-state index contributed by atoms with van der Waals surface area (Å²) in [5.41, 5.74) is 2.17. The van der Waals surface area contributed by atoms with Crippen LogP contribution in [0.3, 0.4) is 0 Å². The van der Waals surface area contributed by atoms with Crippen LogP contribution in [0.4, 0.5) is 0 Å². The van der Waals surface area contributed by atoms with Crippen LogP contribution in [-0.2, 0) is 19.6 Å². The molecule has 0 atom stereocenters. The van der Waals surface area contributed by atoms with E-state index < -0.39 is 11.1 Å². The molecule has 0 spiro atoms. The predicted octanol–water partition coefficient (Wildman–Crippen LogP) is 1.28. The summed E-state index contributed by atoms with van der Waals surface area (Å²) in [7, 11) is 0. The van der Waals surface area contributed by atoms with Gasteiger partial charge in [-0.15, -0.1) is 0 Å². The van der Waals surface area contributed by atoms with E-state index in [9.17, 15) is 14.4 Å². The maximum Gasteiger partial charge on any atom is 0.316 e. The van der Waals surface area contributed by atoms with E-state index in [0.29, 0.717) is 36.2 Å². The lowest BCUT2D eigenvalue weighted by atomic mass is 10.1. The second kappa shape index (κ2) is 8.16. The Kier molecular flexibility index (Phi) is 5.25. The summed E-state index contributed by atoms with van der Waals surface area (Å²) in [6.45, 7) is 3.16. The number of carbonyl (C=O) groups is 1. The van der Waals surface area contributed by atoms with Crippen molar-refractivity contribution in [1.82, 2.24) is 29.6 Å². The van der Waals surface area contributed by atoms with Crippen LogP contribution in [0.15, 0.2) is 64.7 Å². The van der Waals surface area contributed by atoms with Crippen LogP contribution >= 0.6 is 0 Å². The van der Waals surface area contributed by atoms with Crippen molar-refractivity contribution in [1.29, 1.82) is 0 Å². The molecule has 0 aliphatic rings. The fraction of sp³-hybridized carbons (Fsp3) is 0.190. The van der Waals surface area contributed by atoms with E-state index >= 15 is 0 Å². The van der Waals surface area contributed by atoms with Crippen LogP contribution in [-0.4, -0.2) is 30.2 Å². The predicted molar refractivity (Wildman–Crippen MR) is 111 cm³/mol. The van der Waals surface area contributed by atoms with Gasteiger partial charge in [-0.05, 0) is 36.2 Å². The number of aryl methyl sites for hydroxylation is 1. The smallest absolute Gasteiger partial charge is 0.316 e. The van der Waals surface area contributed by atoms with Gasteiger partial charge in [0, 0.05) is 18.7 Å². The van der Waals surface area contributed by atoms with E-state index in [2.05, 4.69) is 20.4 Å². The summed E-state index contributed by atoms with van der Waals surface area (Å²) in [6, 6.07) is 12.8. The highest BCUT2D eigenvalue weighted by molar-refractivity contribution is 5.97. The Morgan fingerprint density at radius 2 is 1.87 bits per heavy atom. The number of nitrogens with zero attached hydrogens (tertiary/aromatic N) is 4. The number of fused-ring (bicyclic) bond motifs is 1. The summed E-state index contributed by atoms with van der Waals surface area (Å²) >= 11 is 0. The molecule has 1 amide bonds. The SMILES string of the molecule is CCn1c(=O)c(=O)[nH]c2cc(C(=O)NCc3ccc(Cn4cncn4)cc3)ccc21. The largest absolute Gasteiger partial charge is 0.348 e. The van der Waals surface area contributed by atoms with Crippen LogP contribution in [0.25, 0.3) is 11.0 Å². The van der Waals surface area contributed by atoms with Crippen LogP contribution in [0.5, 0.6) is 0 Å². The van der Waals surface area contributed by atoms with Crippen molar-refractivity contribution in [3.8, 4) is 0 Å². The number of H-pyrrole nitrogens is 1. The van der Waals surface area contributed by atoms with Gasteiger partial charge >= 0.3 is 11.1 Å². The van der Waals surface area contributed by atoms with E-state index in [1.807, 2.05) is 24.3 Å². The summed E-state index contributed by atoms with van der Waals surface area (Å²) in [5.74, 6) is -0.265. The molecule has 9 nitrogen and oxygen atoms in total. The van der Waals surface area contributed by atoms with Crippen LogP contribution in [0.2, 0.25) is 0 Å². The molecule has 152 valence electrons. The molecule has 4 aromatic rings. The van der Waals surface area contributed by atoms with E-state index in [1.165, 1.54) is 10.9 Å². The number of hydrogen-bond donors (Lipinski definition) is 2. The second-order valence-corrected chi connectivity index (χ2v) is 6.83. The Bertz CT molecular complexity index is 1300. The first-order valence-corrected chi connectivity index (χ1v) is 9.50. The molecule has 0 saturated heterocycles. The van der Waals surface area contributed by atoms with Gasteiger partial charge in [0.05, 0.1) is 17.6 Å². The number of nitrogens with one attached hydrogen (secondary N) is 2. The summed E-state index contributed by atoms with van der Waals surface area (Å²) in [4.78, 5) is 42.8. The van der Waals surface area contributed by atoms with Crippen LogP contribution in [0.1, 0.15) is 28.4 Å². The van der Waals surface area contributed by atoms with Crippen LogP contribution < -0.4 is 16.4 Å². The van der Waals surface area contributed by atoms with Crippen molar-refractivity contribution < 1.29 is 4.79 Å². The Morgan fingerprint density at radius 1 is 1.10 bits per heavy atom. The number of amides is 1. The minimum absolute atomic E-state index is 0.265. The number of aromatic amines is 1. The quantitative estimate of drug-likeness (QED) is 0.470. The number of aromatic nitrogens is 5. The Hall–Kier alpha value is -4.01. The van der Waals surface area contributed by atoms with Crippen LogP contribution in [0, 0.1) is 0 Å². The van der Waals surface area contributed by atoms with E-state index in [4.69, 9.17) is 0 Å². The lowest BCUT2D eigenvalue weighted by Crippen LogP contribution is -2.36. The molecule has 0 bridgehead atoms. The fourth-order valence-corrected chi connectivity index (χ4v) is 3.28. The first-order valence-electron chi connectivity index (χ1n) is 9.50. The Labute approximate surface area is 171 Å². The zero-order valence-corrected chi connectivity index (χ0v) is 16.3. The maximum absolute atomic E-state index is 12.6. The molecule has 0 fully saturated rings. The molecule has 2 N–H and O–H groups in total. The monoisotopic (exact) mass is 404 g/mol. The number of rotatable bonds is 6. The van der Waals surface area contributed by atoms with Gasteiger partial charge in [-0.1, -0.05) is 24.3 Å². The maximum atomic E-state index is 12.6. The summed E-state index contributed by atoms with van der Waals surface area (Å²) < 4.78 is 3.12. The zero-order valence-electron chi connectivity index (χ0n) is 16.3. The van der Waals surface area contributed by atoms with Crippen molar-refractivity contribution in [2.75, 3.05) is 0 Å². The highest BCUT2D eigenvalue weighted by Gasteiger charge is 2.10. The van der Waals surface area contributed by atoms with Gasteiger partial charge in [0.25, 0.3) is 5.91 Å². The van der Waals surface area contributed by atoms with Crippen molar-refractivity contribution in [2.45, 2.75) is 26.6 Å². The van der Waals surface area contributed by atoms with Crippen molar-refractivity contribution >= 4 is 16.9 Å². The first kappa shape index (κ1) is 19.3. The third-order valence-corrected chi connectivity index (χ3v) is 4.84. The highest BCUT2D eigenvalue weighted by Crippen LogP contribution is 2.12. The third kappa shape index (κ3) is 3.90. The minimum Gasteiger partial charge on any atom is -0.348 e. The lowest BCUT2D eigenvalue weighted by molar-refractivity contribution is 0.0951. The summed E-state index contributed by atoms with van der Waals surface area (Å²) in [6.07, 6.45) is 3.15. The minimum atomic E-state index is -0.701. The van der Waals surface area contributed by atoms with Gasteiger partial charge < -0.3 is 14.9 Å². The molecule has 2 heterocycles. The average molecular weight is 404 g/mol. The fourth-order valence-electron chi connectivity index (χ4n) is 3.28. The molecule has 2 aromatic carbocycles. The molecule has 4 rings (SSSR count). The standard InChI is InChI=1S/C21H20N6O3/c1-2-27-18-8-7-16(9-17(18)25-20(29)21(27)30)19(28)23-10-14-3-5-15(6-4-14)11-26-13-22-12-24-26/h3-9,12-13H,2,10-11H2,1H3,(H,23,28)(H,25,29). The molecule has 2 aromatic heterocycles. The molecular weight excluding hydrogens is 384 g/mol. The van der Waals surface area contributed by atoms with E-state index in [-0.39, 0.29) is 5.91 Å². The van der Waals surface area contributed by atoms with E-state index in [0.717, 1.165) is 11.1 Å². The van der Waals surface area contributed by atoms with Gasteiger partial charge in [-0.3, -0.25) is 14.4 Å². The molecule has 0 unspecified atom stereocenters. The van der Waals surface area contributed by atoms with Gasteiger partial charge in [0.2, 0.25) is 0 Å². The number of benzene rings is 2. The van der Waals surface area contributed by atoms with Gasteiger partial charge in [0.1, 0.15) is 12.7 Å². The highest BCUT2D eigenvalue weighted by atomic mass is 16.2. The van der Waals surface area contributed by atoms with Crippen molar-refractivity contribution in [2.24, 2.45) is 0 Å². The molecule has 0 aliphatic heterocycles. The van der Waals surface area contributed by atoms with Gasteiger partial charge in [0.15, 0.2) is 0 Å². The molecule has 9 heteroatoms.